The van der Waals surface area contributed by atoms with Gasteiger partial charge in [0, 0.05) is 6.61 Å². The van der Waals surface area contributed by atoms with Crippen molar-refractivity contribution in [1.82, 2.24) is 0 Å². The first-order valence-corrected chi connectivity index (χ1v) is 5.13. The molecule has 4 nitrogen and oxygen atoms in total. The predicted octanol–water partition coefficient (Wildman–Crippen LogP) is 0.769. The molecule has 0 spiro atoms. The van der Waals surface area contributed by atoms with Gasteiger partial charge in [-0.05, 0) is 6.92 Å². The zero-order chi connectivity index (χ0) is 8.74. The summed E-state index contributed by atoms with van der Waals surface area (Å²) in [5.41, 5.74) is 0. The highest BCUT2D eigenvalue weighted by Gasteiger charge is 2.17. The van der Waals surface area contributed by atoms with Crippen LogP contribution in [0.1, 0.15) is 6.92 Å². The first kappa shape index (κ1) is 11.2. The molecule has 2 radical (unpaired) electrons. The van der Waals surface area contributed by atoms with E-state index in [2.05, 4.69) is 4.52 Å². The lowest BCUT2D eigenvalue weighted by atomic mass is 10.1. The van der Waals surface area contributed by atoms with Crippen molar-refractivity contribution in [3.05, 3.63) is 0 Å². The van der Waals surface area contributed by atoms with Crippen molar-refractivity contribution in [2.24, 2.45) is 0 Å². The van der Waals surface area contributed by atoms with Crippen LogP contribution in [0.15, 0.2) is 0 Å². The summed E-state index contributed by atoms with van der Waals surface area (Å²) in [6, 6.07) is 0. The van der Waals surface area contributed by atoms with Crippen molar-refractivity contribution < 1.29 is 18.7 Å². The Morgan fingerprint density at radius 3 is 2.73 bits per heavy atom. The highest BCUT2D eigenvalue weighted by atomic mass is 31.2. The van der Waals surface area contributed by atoms with Crippen LogP contribution >= 0.6 is 7.60 Å². The van der Waals surface area contributed by atoms with Gasteiger partial charge in [-0.15, -0.1) is 0 Å². The summed E-state index contributed by atoms with van der Waals surface area (Å²) in [5, 5.41) is 0. The van der Waals surface area contributed by atoms with Crippen LogP contribution in [0, 0.1) is 0 Å². The molecule has 0 aliphatic rings. The van der Waals surface area contributed by atoms with Crippen molar-refractivity contribution in [1.29, 1.82) is 0 Å². The van der Waals surface area contributed by atoms with Gasteiger partial charge in [0.05, 0.1) is 14.5 Å². The quantitative estimate of drug-likeness (QED) is 0.370. The number of hydrogen-bond donors (Lipinski definition) is 1. The van der Waals surface area contributed by atoms with Gasteiger partial charge < -0.3 is 14.2 Å². The Morgan fingerprint density at radius 1 is 1.64 bits per heavy atom. The molecule has 0 fully saturated rings. The molecular weight excluding hydrogens is 166 g/mol. The van der Waals surface area contributed by atoms with E-state index in [1.807, 2.05) is 0 Å². The molecule has 0 bridgehead atoms. The summed E-state index contributed by atoms with van der Waals surface area (Å²) in [6.07, 6.45) is 0.0597. The van der Waals surface area contributed by atoms with E-state index in [0.29, 0.717) is 6.32 Å². The van der Waals surface area contributed by atoms with Crippen LogP contribution in [0.4, 0.5) is 0 Å². The molecule has 1 N–H and O–H groups in total. The van der Waals surface area contributed by atoms with Gasteiger partial charge in [0.2, 0.25) is 0 Å². The molecule has 1 unspecified atom stereocenters. The van der Waals surface area contributed by atoms with Crippen LogP contribution in [0.5, 0.6) is 0 Å². The van der Waals surface area contributed by atoms with Gasteiger partial charge in [0.25, 0.3) is 0 Å². The molecule has 1 atom stereocenters. The molecule has 0 saturated heterocycles. The first-order chi connectivity index (χ1) is 5.12. The van der Waals surface area contributed by atoms with Gasteiger partial charge in [-0.3, -0.25) is 4.57 Å². The molecule has 0 aliphatic heterocycles. The van der Waals surface area contributed by atoms with E-state index in [1.165, 1.54) is 0 Å². The average molecular weight is 178 g/mol. The predicted molar refractivity (Wildman–Crippen MR) is 42.8 cm³/mol. The SMILES string of the molecule is [B]CCOCP(=O)(O)OCC. The minimum atomic E-state index is -3.50. The van der Waals surface area contributed by atoms with Crippen molar-refractivity contribution in [2.75, 3.05) is 19.6 Å². The zero-order valence-electron chi connectivity index (χ0n) is 6.52. The van der Waals surface area contributed by atoms with Crippen LogP contribution in [-0.4, -0.2) is 32.3 Å². The molecule has 0 saturated carbocycles. The van der Waals surface area contributed by atoms with Gasteiger partial charge >= 0.3 is 7.60 Å². The molecule has 6 heteroatoms. The average Bonchev–Trinajstić information content (AvgIpc) is 1.87. The third kappa shape index (κ3) is 6.57. The summed E-state index contributed by atoms with van der Waals surface area (Å²) in [5.74, 6) is 0. The Morgan fingerprint density at radius 2 is 2.27 bits per heavy atom. The maximum absolute atomic E-state index is 10.9. The smallest absolute Gasteiger partial charge is 0.353 e. The zero-order valence-corrected chi connectivity index (χ0v) is 7.42. The van der Waals surface area contributed by atoms with E-state index in [0.717, 1.165) is 0 Å². The van der Waals surface area contributed by atoms with E-state index in [1.54, 1.807) is 6.92 Å². The summed E-state index contributed by atoms with van der Waals surface area (Å²) < 4.78 is 20.1. The van der Waals surface area contributed by atoms with E-state index >= 15 is 0 Å². The van der Waals surface area contributed by atoms with Gasteiger partial charge in [-0.2, -0.15) is 0 Å². The fourth-order valence-electron chi connectivity index (χ4n) is 0.502. The number of rotatable bonds is 6. The van der Waals surface area contributed by atoms with Crippen molar-refractivity contribution in [2.45, 2.75) is 13.2 Å². The second kappa shape index (κ2) is 5.78. The van der Waals surface area contributed by atoms with E-state index < -0.39 is 7.60 Å². The minimum Gasteiger partial charge on any atom is -0.370 e. The number of hydrogen-bond acceptors (Lipinski definition) is 3. The van der Waals surface area contributed by atoms with E-state index in [9.17, 15) is 4.57 Å². The minimum absolute atomic E-state index is 0.208. The maximum atomic E-state index is 10.9. The monoisotopic (exact) mass is 178 g/mol. The second-order valence-electron chi connectivity index (χ2n) is 1.88. The maximum Gasteiger partial charge on any atom is 0.353 e. The third-order valence-corrected chi connectivity index (χ3v) is 2.02. The highest BCUT2D eigenvalue weighted by molar-refractivity contribution is 7.52. The van der Waals surface area contributed by atoms with Crippen LogP contribution in [0.3, 0.4) is 0 Å². The van der Waals surface area contributed by atoms with E-state index in [4.69, 9.17) is 17.5 Å². The topological polar surface area (TPSA) is 55.8 Å². The number of ether oxygens (including phenoxy) is 1. The molecular formula is C5H12BO4P. The van der Waals surface area contributed by atoms with Crippen molar-refractivity contribution in [3.63, 3.8) is 0 Å². The van der Waals surface area contributed by atoms with Gasteiger partial charge in [0.15, 0.2) is 0 Å². The molecule has 0 aromatic carbocycles. The molecule has 0 rings (SSSR count). The third-order valence-electron chi connectivity index (χ3n) is 0.847. The lowest BCUT2D eigenvalue weighted by molar-refractivity contribution is 0.157. The molecule has 0 amide bonds. The fraction of sp³-hybridized carbons (Fsp3) is 1.00. The van der Waals surface area contributed by atoms with Crippen molar-refractivity contribution >= 4 is 15.4 Å². The normalized spacial score (nSPS) is 16.2. The molecule has 0 aromatic rings. The Bertz CT molecular complexity index is 140. The lowest BCUT2D eigenvalue weighted by Crippen LogP contribution is -2.00. The molecule has 11 heavy (non-hydrogen) atoms. The summed E-state index contributed by atoms with van der Waals surface area (Å²) in [6.45, 7) is 2.13. The Hall–Kier alpha value is 0.175. The first-order valence-electron chi connectivity index (χ1n) is 3.36. The molecule has 0 aliphatic carbocycles. The fourth-order valence-corrected chi connectivity index (χ4v) is 1.34. The molecule has 64 valence electrons. The second-order valence-corrected chi connectivity index (χ2v) is 3.67. The van der Waals surface area contributed by atoms with Crippen LogP contribution in [0.25, 0.3) is 0 Å². The lowest BCUT2D eigenvalue weighted by Gasteiger charge is -2.09. The Kier molecular flexibility index (Phi) is 5.87. The van der Waals surface area contributed by atoms with Gasteiger partial charge in [-0.1, -0.05) is 6.32 Å². The van der Waals surface area contributed by atoms with Crippen LogP contribution in [0.2, 0.25) is 6.32 Å². The van der Waals surface area contributed by atoms with Crippen LogP contribution in [-0.2, 0) is 13.8 Å². The Labute approximate surface area is 67.8 Å². The molecule has 0 aromatic heterocycles. The summed E-state index contributed by atoms with van der Waals surface area (Å²) >= 11 is 0. The largest absolute Gasteiger partial charge is 0.370 e. The van der Waals surface area contributed by atoms with E-state index in [-0.39, 0.29) is 19.6 Å². The summed E-state index contributed by atoms with van der Waals surface area (Å²) in [7, 11) is 1.59. The van der Waals surface area contributed by atoms with Crippen LogP contribution < -0.4 is 0 Å². The Balaban J connectivity index is 3.47. The highest BCUT2D eigenvalue weighted by Crippen LogP contribution is 2.41. The standard InChI is InChI=1S/C5H12BO4P/c1-2-10-11(7,8)5-9-4-3-6/h2-5H2,1H3,(H,7,8). The molecule has 0 heterocycles. The van der Waals surface area contributed by atoms with Gasteiger partial charge in [0.1, 0.15) is 6.35 Å². The van der Waals surface area contributed by atoms with Gasteiger partial charge in [-0.25, -0.2) is 0 Å². The van der Waals surface area contributed by atoms with Crippen molar-refractivity contribution in [3.8, 4) is 0 Å². The summed E-state index contributed by atoms with van der Waals surface area (Å²) in [4.78, 5) is 8.91.